The monoisotopic (exact) mass is 490 g/mol. The van der Waals surface area contributed by atoms with Crippen LogP contribution in [-0.2, 0) is 10.2 Å². The zero-order valence-corrected chi connectivity index (χ0v) is 23.0. The molecule has 1 aromatic carbocycles. The fourth-order valence-corrected chi connectivity index (χ4v) is 5.66. The third-order valence-electron chi connectivity index (χ3n) is 7.94. The van der Waals surface area contributed by atoms with Gasteiger partial charge in [0.1, 0.15) is 17.1 Å². The van der Waals surface area contributed by atoms with Crippen molar-refractivity contribution in [3.63, 3.8) is 0 Å². The van der Waals surface area contributed by atoms with Gasteiger partial charge in [0.15, 0.2) is 5.78 Å². The van der Waals surface area contributed by atoms with Crippen molar-refractivity contribution >= 4 is 19.3 Å². The standard InChI is InChI=1S/C29H44O4.H2S/c1-7-8-9-10-13-28(3,4)21-16-25(32)27-22-15-20(24(31)14-19(2)18-30)11-12-23(22)29(5,6)33-26(27)17-21;/h11,16-17,19,22-23,30,32H,7-10,12-15,18H2,1-6H3;1H2/t19-,22-,23-;/m1./s1. The summed E-state index contributed by atoms with van der Waals surface area (Å²) in [7, 11) is 0. The van der Waals surface area contributed by atoms with E-state index in [0.29, 0.717) is 18.6 Å². The van der Waals surface area contributed by atoms with Gasteiger partial charge in [-0.2, -0.15) is 13.5 Å². The molecule has 0 amide bonds. The lowest BCUT2D eigenvalue weighted by Gasteiger charge is -2.47. The van der Waals surface area contributed by atoms with Gasteiger partial charge in [0.2, 0.25) is 0 Å². The summed E-state index contributed by atoms with van der Waals surface area (Å²) >= 11 is 0. The second-order valence-corrected chi connectivity index (χ2v) is 11.6. The first-order valence-electron chi connectivity index (χ1n) is 12.9. The molecule has 3 rings (SSSR count). The van der Waals surface area contributed by atoms with Crippen LogP contribution in [-0.4, -0.2) is 28.2 Å². The van der Waals surface area contributed by atoms with Gasteiger partial charge in [-0.25, -0.2) is 0 Å². The minimum Gasteiger partial charge on any atom is -0.508 e. The van der Waals surface area contributed by atoms with Crippen molar-refractivity contribution in [3.8, 4) is 11.5 Å². The van der Waals surface area contributed by atoms with Crippen molar-refractivity contribution in [2.75, 3.05) is 6.61 Å². The molecule has 192 valence electrons. The molecule has 5 heteroatoms. The van der Waals surface area contributed by atoms with E-state index >= 15 is 0 Å². The highest BCUT2D eigenvalue weighted by Gasteiger charge is 2.47. The van der Waals surface area contributed by atoms with E-state index in [4.69, 9.17) is 4.74 Å². The van der Waals surface area contributed by atoms with Gasteiger partial charge < -0.3 is 14.9 Å². The maximum absolute atomic E-state index is 12.9. The van der Waals surface area contributed by atoms with Gasteiger partial charge in [-0.1, -0.05) is 59.5 Å². The molecule has 0 saturated heterocycles. The number of rotatable bonds is 10. The highest BCUT2D eigenvalue weighted by atomic mass is 32.1. The maximum atomic E-state index is 12.9. The Labute approximate surface area is 213 Å². The number of phenolic OH excluding ortho intramolecular Hbond substituents is 1. The number of aliphatic hydroxyl groups is 1. The minimum atomic E-state index is -0.378. The lowest BCUT2D eigenvalue weighted by atomic mass is 9.66. The molecule has 3 atom stereocenters. The number of aliphatic hydroxyl groups excluding tert-OH is 1. The third-order valence-corrected chi connectivity index (χ3v) is 7.94. The highest BCUT2D eigenvalue weighted by molar-refractivity contribution is 7.59. The molecule has 0 fully saturated rings. The molecule has 2 N–H and O–H groups in total. The van der Waals surface area contributed by atoms with E-state index in [-0.39, 0.29) is 54.7 Å². The van der Waals surface area contributed by atoms with Crippen molar-refractivity contribution in [1.29, 1.82) is 0 Å². The number of carbonyl (C=O) groups excluding carboxylic acids is 1. The lowest BCUT2D eigenvalue weighted by Crippen LogP contribution is -2.46. The molecule has 1 aliphatic carbocycles. The summed E-state index contributed by atoms with van der Waals surface area (Å²) < 4.78 is 6.52. The molecule has 1 heterocycles. The first kappa shape index (κ1) is 28.8. The molecule has 0 bridgehead atoms. The summed E-state index contributed by atoms with van der Waals surface area (Å²) in [5.74, 6) is 1.41. The van der Waals surface area contributed by atoms with Gasteiger partial charge in [-0.3, -0.25) is 4.79 Å². The molecule has 4 nitrogen and oxygen atoms in total. The number of unbranched alkanes of at least 4 members (excludes halogenated alkanes) is 3. The van der Waals surface area contributed by atoms with Gasteiger partial charge in [-0.05, 0) is 67.7 Å². The van der Waals surface area contributed by atoms with Crippen LogP contribution >= 0.6 is 13.5 Å². The second kappa shape index (κ2) is 11.5. The van der Waals surface area contributed by atoms with Crippen LogP contribution in [0.2, 0.25) is 0 Å². The smallest absolute Gasteiger partial charge is 0.158 e. The number of aromatic hydroxyl groups is 1. The number of ether oxygens (including phenoxy) is 1. The van der Waals surface area contributed by atoms with Crippen molar-refractivity contribution in [1.82, 2.24) is 0 Å². The zero-order chi connectivity index (χ0) is 24.4. The Hall–Kier alpha value is -1.46. The average molecular weight is 491 g/mol. The summed E-state index contributed by atoms with van der Waals surface area (Å²) in [4.78, 5) is 12.9. The number of fused-ring (bicyclic) bond motifs is 3. The topological polar surface area (TPSA) is 66.8 Å². The summed E-state index contributed by atoms with van der Waals surface area (Å²) in [5.41, 5.74) is 2.39. The number of ketones is 1. The Morgan fingerprint density at radius 1 is 1.24 bits per heavy atom. The van der Waals surface area contributed by atoms with E-state index < -0.39 is 0 Å². The summed E-state index contributed by atoms with van der Waals surface area (Å²) in [6.07, 6.45) is 9.79. The van der Waals surface area contributed by atoms with Gasteiger partial charge in [0.25, 0.3) is 0 Å². The summed E-state index contributed by atoms with van der Waals surface area (Å²) in [6, 6.07) is 4.07. The lowest BCUT2D eigenvalue weighted by molar-refractivity contribution is -0.117. The van der Waals surface area contributed by atoms with E-state index in [1.54, 1.807) is 0 Å². The SMILES string of the molecule is CCCCCCC(C)(C)c1cc(O)c2c(c1)OC(C)(C)[C@@H]1CC=C(C(=O)C[C@@H](C)CO)C[C@@H]21.S. The normalized spacial score (nSPS) is 21.9. The Morgan fingerprint density at radius 2 is 1.94 bits per heavy atom. The van der Waals surface area contributed by atoms with Crippen molar-refractivity contribution in [3.05, 3.63) is 34.9 Å². The Balaban J connectivity index is 0.00000408. The van der Waals surface area contributed by atoms with E-state index in [0.717, 1.165) is 35.3 Å². The van der Waals surface area contributed by atoms with Crippen LogP contribution in [0.4, 0.5) is 0 Å². The van der Waals surface area contributed by atoms with Crippen LogP contribution in [0, 0.1) is 11.8 Å². The fraction of sp³-hybridized carbons (Fsp3) is 0.690. The van der Waals surface area contributed by atoms with Crippen LogP contribution in [0.3, 0.4) is 0 Å². The van der Waals surface area contributed by atoms with Gasteiger partial charge in [-0.15, -0.1) is 0 Å². The molecule has 0 unspecified atom stereocenters. The van der Waals surface area contributed by atoms with Crippen molar-refractivity contribution in [2.24, 2.45) is 11.8 Å². The Bertz CT molecular complexity index is 886. The Morgan fingerprint density at radius 3 is 2.59 bits per heavy atom. The summed E-state index contributed by atoms with van der Waals surface area (Å²) in [5, 5.41) is 20.6. The third kappa shape index (κ3) is 6.20. The number of allylic oxidation sites excluding steroid dienone is 2. The van der Waals surface area contributed by atoms with Crippen molar-refractivity contribution in [2.45, 2.75) is 110 Å². The second-order valence-electron chi connectivity index (χ2n) is 11.6. The molecule has 1 aliphatic heterocycles. The van der Waals surface area contributed by atoms with E-state index in [1.807, 2.05) is 13.0 Å². The molecule has 0 saturated carbocycles. The maximum Gasteiger partial charge on any atom is 0.158 e. The van der Waals surface area contributed by atoms with Crippen molar-refractivity contribution < 1.29 is 19.7 Å². The molecule has 0 spiro atoms. The average Bonchev–Trinajstić information content (AvgIpc) is 2.75. The van der Waals surface area contributed by atoms with Gasteiger partial charge in [0.05, 0.1) is 0 Å². The molecule has 34 heavy (non-hydrogen) atoms. The van der Waals surface area contributed by atoms with Gasteiger partial charge in [0, 0.05) is 30.4 Å². The van der Waals surface area contributed by atoms with E-state index in [1.165, 1.54) is 25.7 Å². The number of carbonyl (C=O) groups is 1. The molecule has 2 aliphatic rings. The number of benzene rings is 1. The van der Waals surface area contributed by atoms with Crippen LogP contribution in [0.1, 0.15) is 110 Å². The molecular weight excluding hydrogens is 444 g/mol. The fourth-order valence-electron chi connectivity index (χ4n) is 5.66. The number of Topliss-reactive ketones (excluding diaryl/α,β-unsaturated/α-hetero) is 1. The first-order chi connectivity index (χ1) is 15.5. The predicted octanol–water partition coefficient (Wildman–Crippen LogP) is 6.93. The number of hydrogen-bond donors (Lipinski definition) is 2. The van der Waals surface area contributed by atoms with Crippen LogP contribution in [0.5, 0.6) is 11.5 Å². The van der Waals surface area contributed by atoms with Crippen LogP contribution < -0.4 is 4.74 Å². The quantitative estimate of drug-likeness (QED) is 0.349. The molecule has 1 aromatic rings. The molecule has 0 aromatic heterocycles. The molecule has 0 radical (unpaired) electrons. The van der Waals surface area contributed by atoms with E-state index in [2.05, 4.69) is 46.8 Å². The predicted molar refractivity (Wildman–Crippen MR) is 144 cm³/mol. The number of phenols is 1. The summed E-state index contributed by atoms with van der Waals surface area (Å²) in [6.45, 7) is 12.9. The highest BCUT2D eigenvalue weighted by Crippen LogP contribution is 2.55. The van der Waals surface area contributed by atoms with Gasteiger partial charge >= 0.3 is 0 Å². The first-order valence-corrected chi connectivity index (χ1v) is 12.9. The Kier molecular flexibility index (Phi) is 9.75. The largest absolute Gasteiger partial charge is 0.508 e. The van der Waals surface area contributed by atoms with E-state index in [9.17, 15) is 15.0 Å². The van der Waals surface area contributed by atoms with Crippen LogP contribution in [0.15, 0.2) is 23.8 Å². The van der Waals surface area contributed by atoms with Crippen LogP contribution in [0.25, 0.3) is 0 Å². The zero-order valence-electron chi connectivity index (χ0n) is 22.0. The number of hydrogen-bond acceptors (Lipinski definition) is 4. The molecular formula is C29H46O4S. The minimum absolute atomic E-state index is 0.